The van der Waals surface area contributed by atoms with Gasteiger partial charge in [0.05, 0.1) is 4.90 Å². The van der Waals surface area contributed by atoms with E-state index in [9.17, 15) is 31.2 Å². The summed E-state index contributed by atoms with van der Waals surface area (Å²) in [6.07, 6.45) is 0. The van der Waals surface area contributed by atoms with Crippen molar-refractivity contribution in [3.05, 3.63) is 74.9 Å². The van der Waals surface area contributed by atoms with Gasteiger partial charge in [0.25, 0.3) is 15.6 Å². The molecule has 0 saturated carbocycles. The van der Waals surface area contributed by atoms with Crippen molar-refractivity contribution >= 4 is 54.6 Å². The summed E-state index contributed by atoms with van der Waals surface area (Å²) in [6, 6.07) is 11.2. The van der Waals surface area contributed by atoms with Crippen LogP contribution < -0.4 is 27.0 Å². The van der Waals surface area contributed by atoms with E-state index >= 15 is 0 Å². The number of carbonyl (C=O) groups is 1. The number of nitrogens with one attached hydrogen (secondary N) is 2. The maximum atomic E-state index is 13.1. The topological polar surface area (TPSA) is 210 Å². The first kappa shape index (κ1) is 26.0. The number of benzene rings is 2. The Labute approximate surface area is 220 Å². The van der Waals surface area contributed by atoms with Crippen molar-refractivity contribution < 1.29 is 21.6 Å². The van der Waals surface area contributed by atoms with Crippen molar-refractivity contribution in [2.75, 3.05) is 10.6 Å². The van der Waals surface area contributed by atoms with E-state index in [1.54, 1.807) is 12.1 Å². The molecular formula is C22H20N8O7S2. The Hall–Kier alpha value is -4.61. The van der Waals surface area contributed by atoms with E-state index in [0.29, 0.717) is 0 Å². The van der Waals surface area contributed by atoms with Gasteiger partial charge in [-0.1, -0.05) is 12.1 Å². The van der Waals surface area contributed by atoms with Crippen LogP contribution >= 0.6 is 0 Å². The zero-order valence-electron chi connectivity index (χ0n) is 20.3. The van der Waals surface area contributed by atoms with Gasteiger partial charge in [-0.05, 0) is 36.4 Å². The van der Waals surface area contributed by atoms with Gasteiger partial charge < -0.3 is 10.6 Å². The lowest BCUT2D eigenvalue weighted by molar-refractivity contribution is -0.116. The highest BCUT2D eigenvalue weighted by Crippen LogP contribution is 2.27. The van der Waals surface area contributed by atoms with Crippen molar-refractivity contribution in [2.45, 2.75) is 16.3 Å². The summed E-state index contributed by atoms with van der Waals surface area (Å²) in [4.78, 5) is 42.7. The maximum Gasteiger partial charge on any atom is 0.332 e. The van der Waals surface area contributed by atoms with Crippen molar-refractivity contribution in [3.63, 3.8) is 0 Å². The van der Waals surface area contributed by atoms with E-state index in [1.807, 2.05) is 0 Å². The molecule has 1 aliphatic heterocycles. The third-order valence-corrected chi connectivity index (χ3v) is 8.24. The number of amides is 1. The van der Waals surface area contributed by atoms with Gasteiger partial charge >= 0.3 is 5.69 Å². The first-order valence-corrected chi connectivity index (χ1v) is 14.1. The molecule has 0 saturated heterocycles. The summed E-state index contributed by atoms with van der Waals surface area (Å²) in [5.41, 5.74) is -1.04. The Kier molecular flexibility index (Phi) is 6.00. The third kappa shape index (κ3) is 4.51. The van der Waals surface area contributed by atoms with Crippen LogP contribution in [0.3, 0.4) is 0 Å². The highest BCUT2D eigenvalue weighted by Gasteiger charge is 2.30. The quantitative estimate of drug-likeness (QED) is 0.275. The lowest BCUT2D eigenvalue weighted by atomic mass is 10.2. The van der Waals surface area contributed by atoms with Gasteiger partial charge in [0.1, 0.15) is 11.4 Å². The number of hydrogen-bond acceptors (Lipinski definition) is 9. The van der Waals surface area contributed by atoms with Gasteiger partial charge in [-0.3, -0.25) is 23.3 Å². The average Bonchev–Trinajstić information content (AvgIpc) is 3.35. The summed E-state index contributed by atoms with van der Waals surface area (Å²) in [5.74, 6) is -0.838. The lowest BCUT2D eigenvalue weighted by Gasteiger charge is -2.12. The Balaban J connectivity index is 1.58. The maximum absolute atomic E-state index is 13.1. The molecule has 0 atom stereocenters. The minimum atomic E-state index is -3.99. The van der Waals surface area contributed by atoms with Crippen LogP contribution in [0.15, 0.2) is 72.3 Å². The SMILES string of the molecule is Cn1c(=O)c2c(nc(NC3=NS(=O)(=O)c4ccccc43)n2CC(=O)Nc2ccc(S(N)(=O)=O)cc2)n(C)c1=O. The molecule has 1 amide bonds. The van der Waals surface area contributed by atoms with Crippen LogP contribution in [0.2, 0.25) is 0 Å². The predicted octanol–water partition coefficient (Wildman–Crippen LogP) is -0.719. The molecule has 0 aliphatic carbocycles. The van der Waals surface area contributed by atoms with Crippen LogP contribution in [0.25, 0.3) is 11.2 Å². The van der Waals surface area contributed by atoms with Gasteiger partial charge in [0, 0.05) is 25.3 Å². The van der Waals surface area contributed by atoms with E-state index < -0.39 is 43.7 Å². The number of nitrogens with two attached hydrogens (primary N) is 1. The molecule has 2 aromatic carbocycles. The minimum Gasteiger partial charge on any atom is -0.325 e. The second kappa shape index (κ2) is 9.00. The second-order valence-electron chi connectivity index (χ2n) is 8.55. The van der Waals surface area contributed by atoms with E-state index in [2.05, 4.69) is 20.0 Å². The van der Waals surface area contributed by atoms with E-state index in [1.165, 1.54) is 55.1 Å². The summed E-state index contributed by atoms with van der Waals surface area (Å²) in [6.45, 7) is -0.495. The summed E-state index contributed by atoms with van der Waals surface area (Å²) < 4.78 is 54.9. The van der Waals surface area contributed by atoms with Crippen LogP contribution in [0, 0.1) is 0 Å². The number of nitrogens with zero attached hydrogens (tertiary/aromatic N) is 5. The number of fused-ring (bicyclic) bond motifs is 2. The van der Waals surface area contributed by atoms with Crippen LogP contribution in [0.5, 0.6) is 0 Å². The van der Waals surface area contributed by atoms with Crippen molar-refractivity contribution in [3.8, 4) is 0 Å². The van der Waals surface area contributed by atoms with Crippen LogP contribution in [0.1, 0.15) is 5.56 Å². The zero-order valence-corrected chi connectivity index (χ0v) is 21.9. The summed E-state index contributed by atoms with van der Waals surface area (Å²) >= 11 is 0. The van der Waals surface area contributed by atoms with Gasteiger partial charge in [-0.25, -0.2) is 18.4 Å². The molecule has 15 nitrogen and oxygen atoms in total. The van der Waals surface area contributed by atoms with Gasteiger partial charge in [0.2, 0.25) is 21.9 Å². The van der Waals surface area contributed by atoms with Crippen LogP contribution in [-0.4, -0.2) is 47.3 Å². The highest BCUT2D eigenvalue weighted by atomic mass is 32.2. The molecule has 0 unspecified atom stereocenters. The molecular weight excluding hydrogens is 552 g/mol. The predicted molar refractivity (Wildman–Crippen MR) is 140 cm³/mol. The normalized spacial score (nSPS) is 14.2. The monoisotopic (exact) mass is 572 g/mol. The smallest absolute Gasteiger partial charge is 0.325 e. The van der Waals surface area contributed by atoms with Crippen molar-refractivity contribution in [1.29, 1.82) is 0 Å². The lowest BCUT2D eigenvalue weighted by Crippen LogP contribution is -2.38. The van der Waals surface area contributed by atoms with Gasteiger partial charge in [0.15, 0.2) is 17.0 Å². The fraction of sp³-hybridized carbons (Fsp3) is 0.136. The molecule has 202 valence electrons. The molecule has 39 heavy (non-hydrogen) atoms. The highest BCUT2D eigenvalue weighted by molar-refractivity contribution is 7.90. The number of aryl methyl sites for hydroxylation is 1. The molecule has 1 aliphatic rings. The fourth-order valence-corrected chi connectivity index (χ4v) is 5.76. The van der Waals surface area contributed by atoms with Crippen LogP contribution in [0.4, 0.5) is 11.6 Å². The molecule has 2 aromatic heterocycles. The van der Waals surface area contributed by atoms with E-state index in [0.717, 1.165) is 9.13 Å². The van der Waals surface area contributed by atoms with E-state index in [-0.39, 0.29) is 44.0 Å². The number of carbonyl (C=O) groups excluding carboxylic acids is 1. The van der Waals surface area contributed by atoms with E-state index in [4.69, 9.17) is 5.14 Å². The first-order chi connectivity index (χ1) is 18.3. The standard InChI is InChI=1S/C22H20N8O7S2/c1-28-19-17(20(32)29(2)22(28)33)30(11-16(31)24-12-7-9-13(10-8-12)38(23,34)35)21(26-19)25-18-14-5-3-4-6-15(14)39(36,37)27-18/h3-10H,11H2,1-2H3,(H,24,31)(H2,23,34,35)(H,25,26,27). The van der Waals surface area contributed by atoms with Crippen LogP contribution in [-0.2, 0) is 45.5 Å². The molecule has 3 heterocycles. The van der Waals surface area contributed by atoms with Crippen molar-refractivity contribution in [1.82, 2.24) is 18.7 Å². The molecule has 0 fully saturated rings. The van der Waals surface area contributed by atoms with Crippen molar-refractivity contribution in [2.24, 2.45) is 23.6 Å². The second-order valence-corrected chi connectivity index (χ2v) is 11.7. The molecule has 4 N–H and O–H groups in total. The largest absolute Gasteiger partial charge is 0.332 e. The first-order valence-electron chi connectivity index (χ1n) is 11.1. The zero-order chi connectivity index (χ0) is 28.3. The van der Waals surface area contributed by atoms with Gasteiger partial charge in [-0.15, -0.1) is 4.40 Å². The molecule has 4 aromatic rings. The number of imidazole rings is 1. The number of rotatable bonds is 5. The number of sulfonamides is 2. The molecule has 17 heteroatoms. The number of amidine groups is 1. The summed E-state index contributed by atoms with van der Waals surface area (Å²) in [7, 11) is -5.25. The number of anilines is 2. The Morgan fingerprint density at radius 3 is 2.36 bits per heavy atom. The number of primary sulfonamides is 1. The molecule has 0 bridgehead atoms. The molecule has 0 radical (unpaired) electrons. The van der Waals surface area contributed by atoms with Gasteiger partial charge in [-0.2, -0.15) is 13.4 Å². The third-order valence-electron chi connectivity index (χ3n) is 5.98. The Morgan fingerprint density at radius 2 is 1.69 bits per heavy atom. The average molecular weight is 573 g/mol. The Bertz CT molecular complexity index is 2060. The molecule has 5 rings (SSSR count). The molecule has 0 spiro atoms. The minimum absolute atomic E-state index is 0.0286. The number of hydrogen-bond donors (Lipinski definition) is 3. The fourth-order valence-electron chi connectivity index (χ4n) is 4.07. The number of aromatic nitrogens is 4. The Morgan fingerprint density at radius 1 is 1.03 bits per heavy atom. The summed E-state index contributed by atoms with van der Waals surface area (Å²) in [5, 5.41) is 10.5.